The molecule has 2 aromatic heterocycles. The predicted molar refractivity (Wildman–Crippen MR) is 107 cm³/mol. The van der Waals surface area contributed by atoms with Crippen LogP contribution in [0.15, 0.2) is 60.0 Å². The Morgan fingerprint density at radius 1 is 1.04 bits per heavy atom. The number of aromatic nitrogens is 1. The largest absolute Gasteiger partial charge is 0.325 e. The summed E-state index contributed by atoms with van der Waals surface area (Å²) in [6, 6.07) is 16.9. The minimum atomic E-state index is -0.347. The fourth-order valence-electron chi connectivity index (χ4n) is 2.40. The molecule has 0 aliphatic rings. The Kier molecular flexibility index (Phi) is 4.40. The van der Waals surface area contributed by atoms with Crippen molar-refractivity contribution in [3.05, 3.63) is 65.0 Å². The number of amides is 2. The molecule has 2 aromatic carbocycles. The topological polar surface area (TPSA) is 54.0 Å². The van der Waals surface area contributed by atoms with Crippen LogP contribution < -0.4 is 10.6 Å². The van der Waals surface area contributed by atoms with Crippen LogP contribution in [0.3, 0.4) is 0 Å². The van der Waals surface area contributed by atoms with Crippen LogP contribution in [0.25, 0.3) is 20.7 Å². The van der Waals surface area contributed by atoms with Gasteiger partial charge in [-0.25, -0.2) is 9.78 Å². The van der Waals surface area contributed by atoms with E-state index in [0.717, 1.165) is 15.8 Å². The highest BCUT2D eigenvalue weighted by Crippen LogP contribution is 2.32. The maximum atomic E-state index is 12.1. The van der Waals surface area contributed by atoms with Crippen LogP contribution in [-0.2, 0) is 0 Å². The van der Waals surface area contributed by atoms with Gasteiger partial charge < -0.3 is 5.32 Å². The molecule has 7 heteroatoms. The SMILES string of the molecule is O=C(Nc1cccc(Cl)c1)Nc1nc2ccc(-c3cccs3)cc2s1. The summed E-state index contributed by atoms with van der Waals surface area (Å²) in [5.74, 6) is 0. The zero-order valence-electron chi connectivity index (χ0n) is 12.8. The number of benzene rings is 2. The maximum absolute atomic E-state index is 12.1. The molecule has 0 unspecified atom stereocenters. The summed E-state index contributed by atoms with van der Waals surface area (Å²) in [7, 11) is 0. The third kappa shape index (κ3) is 3.66. The van der Waals surface area contributed by atoms with Gasteiger partial charge >= 0.3 is 6.03 Å². The first-order chi connectivity index (χ1) is 12.2. The summed E-state index contributed by atoms with van der Waals surface area (Å²) < 4.78 is 1.03. The molecule has 4 aromatic rings. The number of carbonyl (C=O) groups excluding carboxylic acids is 1. The molecular weight excluding hydrogens is 374 g/mol. The fourth-order valence-corrected chi connectivity index (χ4v) is 4.21. The van der Waals surface area contributed by atoms with E-state index in [0.29, 0.717) is 15.8 Å². The number of carbonyl (C=O) groups is 1. The lowest BCUT2D eigenvalue weighted by Crippen LogP contribution is -2.19. The molecule has 0 aliphatic carbocycles. The molecule has 2 N–H and O–H groups in total. The molecule has 0 bridgehead atoms. The minimum Gasteiger partial charge on any atom is -0.308 e. The second kappa shape index (κ2) is 6.84. The number of halogens is 1. The molecule has 4 rings (SSSR count). The van der Waals surface area contributed by atoms with Crippen molar-refractivity contribution in [1.82, 2.24) is 4.98 Å². The Morgan fingerprint density at radius 2 is 1.96 bits per heavy atom. The number of nitrogens with one attached hydrogen (secondary N) is 2. The molecule has 0 saturated carbocycles. The molecular formula is C18H12ClN3OS2. The summed E-state index contributed by atoms with van der Waals surface area (Å²) in [6.45, 7) is 0. The maximum Gasteiger partial charge on any atom is 0.325 e. The van der Waals surface area contributed by atoms with Gasteiger partial charge in [0.1, 0.15) is 0 Å². The van der Waals surface area contributed by atoms with E-state index in [4.69, 9.17) is 11.6 Å². The molecule has 25 heavy (non-hydrogen) atoms. The lowest BCUT2D eigenvalue weighted by atomic mass is 10.2. The van der Waals surface area contributed by atoms with Crippen LogP contribution in [0, 0.1) is 0 Å². The second-order valence-electron chi connectivity index (χ2n) is 5.27. The van der Waals surface area contributed by atoms with Gasteiger partial charge in [-0.1, -0.05) is 41.1 Å². The van der Waals surface area contributed by atoms with Gasteiger partial charge in [0.2, 0.25) is 0 Å². The van der Waals surface area contributed by atoms with E-state index < -0.39 is 0 Å². The number of thiazole rings is 1. The first-order valence-corrected chi connectivity index (χ1v) is 9.53. The van der Waals surface area contributed by atoms with Crippen molar-refractivity contribution in [2.45, 2.75) is 0 Å². The number of nitrogens with zero attached hydrogens (tertiary/aromatic N) is 1. The van der Waals surface area contributed by atoms with Gasteiger partial charge in [0.05, 0.1) is 10.2 Å². The van der Waals surface area contributed by atoms with Gasteiger partial charge in [-0.15, -0.1) is 11.3 Å². The number of rotatable bonds is 3. The average Bonchev–Trinajstić information content (AvgIpc) is 3.23. The highest BCUT2D eigenvalue weighted by Gasteiger charge is 2.09. The first kappa shape index (κ1) is 16.1. The molecule has 2 heterocycles. The Bertz CT molecular complexity index is 1040. The van der Waals surface area contributed by atoms with Crippen LogP contribution in [-0.4, -0.2) is 11.0 Å². The third-order valence-corrected chi connectivity index (χ3v) is 5.58. The van der Waals surface area contributed by atoms with Gasteiger partial charge in [0, 0.05) is 15.6 Å². The Hall–Kier alpha value is -2.41. The van der Waals surface area contributed by atoms with Gasteiger partial charge in [0.25, 0.3) is 0 Å². The average molecular weight is 386 g/mol. The van der Waals surface area contributed by atoms with Gasteiger partial charge in [-0.3, -0.25) is 5.32 Å². The van der Waals surface area contributed by atoms with Crippen molar-refractivity contribution in [3.63, 3.8) is 0 Å². The van der Waals surface area contributed by atoms with Gasteiger partial charge in [0.15, 0.2) is 5.13 Å². The molecule has 0 saturated heterocycles. The zero-order chi connectivity index (χ0) is 17.2. The quantitative estimate of drug-likeness (QED) is 0.433. The van der Waals surface area contributed by atoms with Crippen molar-refractivity contribution in [2.24, 2.45) is 0 Å². The van der Waals surface area contributed by atoms with Crippen molar-refractivity contribution >= 4 is 61.3 Å². The number of fused-ring (bicyclic) bond motifs is 1. The minimum absolute atomic E-state index is 0.347. The van der Waals surface area contributed by atoms with Crippen LogP contribution in [0.1, 0.15) is 0 Å². The summed E-state index contributed by atoms with van der Waals surface area (Å²) >= 11 is 9.06. The van der Waals surface area contributed by atoms with Gasteiger partial charge in [-0.05, 0) is 47.3 Å². The molecule has 0 fully saturated rings. The molecule has 0 atom stereocenters. The zero-order valence-corrected chi connectivity index (χ0v) is 15.2. The lowest BCUT2D eigenvalue weighted by Gasteiger charge is -2.05. The molecule has 4 nitrogen and oxygen atoms in total. The van der Waals surface area contributed by atoms with Crippen molar-refractivity contribution in [3.8, 4) is 10.4 Å². The van der Waals surface area contributed by atoms with Crippen LogP contribution in [0.5, 0.6) is 0 Å². The summed E-state index contributed by atoms with van der Waals surface area (Å²) in [4.78, 5) is 17.8. The van der Waals surface area contributed by atoms with Crippen LogP contribution in [0.2, 0.25) is 5.02 Å². The molecule has 2 amide bonds. The van der Waals surface area contributed by atoms with Crippen LogP contribution >= 0.6 is 34.3 Å². The standard InChI is InChI=1S/C18H12ClN3OS2/c19-12-3-1-4-13(10-12)20-17(23)22-18-21-14-7-6-11(9-16(14)25-18)15-5-2-8-24-15/h1-10H,(H2,20,21,22,23). The highest BCUT2D eigenvalue weighted by molar-refractivity contribution is 7.22. The Balaban J connectivity index is 1.52. The normalized spacial score (nSPS) is 10.8. The van der Waals surface area contributed by atoms with Crippen molar-refractivity contribution in [2.75, 3.05) is 10.6 Å². The summed E-state index contributed by atoms with van der Waals surface area (Å²) in [6.07, 6.45) is 0. The number of thiophene rings is 1. The Morgan fingerprint density at radius 3 is 2.76 bits per heavy atom. The molecule has 124 valence electrons. The van der Waals surface area contributed by atoms with Crippen molar-refractivity contribution in [1.29, 1.82) is 0 Å². The number of anilines is 2. The van der Waals surface area contributed by atoms with E-state index in [-0.39, 0.29) is 6.03 Å². The molecule has 0 spiro atoms. The third-order valence-electron chi connectivity index (χ3n) is 3.50. The van der Waals surface area contributed by atoms with E-state index in [9.17, 15) is 4.79 Å². The summed E-state index contributed by atoms with van der Waals surface area (Å²) in [5.41, 5.74) is 2.65. The van der Waals surface area contributed by atoms with E-state index >= 15 is 0 Å². The van der Waals surface area contributed by atoms with Gasteiger partial charge in [-0.2, -0.15) is 0 Å². The van der Waals surface area contributed by atoms with E-state index in [1.807, 2.05) is 18.2 Å². The second-order valence-corrected chi connectivity index (χ2v) is 7.68. The Labute approximate surface area is 157 Å². The predicted octanol–water partition coefficient (Wildman–Crippen LogP) is 6.32. The fraction of sp³-hybridized carbons (Fsp3) is 0. The first-order valence-electron chi connectivity index (χ1n) is 7.45. The number of hydrogen-bond donors (Lipinski definition) is 2. The van der Waals surface area contributed by atoms with Crippen molar-refractivity contribution < 1.29 is 4.79 Å². The smallest absolute Gasteiger partial charge is 0.308 e. The molecule has 0 radical (unpaired) electrons. The van der Waals surface area contributed by atoms with E-state index in [1.165, 1.54) is 16.2 Å². The monoisotopic (exact) mass is 385 g/mol. The van der Waals surface area contributed by atoms with E-state index in [1.54, 1.807) is 35.6 Å². The highest BCUT2D eigenvalue weighted by atomic mass is 35.5. The molecule has 0 aliphatic heterocycles. The van der Waals surface area contributed by atoms with E-state index in [2.05, 4.69) is 33.1 Å². The van der Waals surface area contributed by atoms with Crippen LogP contribution in [0.4, 0.5) is 15.6 Å². The number of urea groups is 1. The lowest BCUT2D eigenvalue weighted by molar-refractivity contribution is 0.262. The summed E-state index contributed by atoms with van der Waals surface area (Å²) in [5, 5.41) is 8.69. The number of hydrogen-bond acceptors (Lipinski definition) is 4.